The number of hydrogen-bond acceptors (Lipinski definition) is 4. The minimum atomic E-state index is -3.64. The number of nitrogens with two attached hydrogens (primary N) is 1. The molecule has 16 heavy (non-hydrogen) atoms. The number of ether oxygens (including phenoxy) is 2. The van der Waals surface area contributed by atoms with Crippen molar-refractivity contribution in [3.63, 3.8) is 0 Å². The van der Waals surface area contributed by atoms with Crippen LogP contribution < -0.4 is 15.2 Å². The highest BCUT2D eigenvalue weighted by atomic mass is 19.3. The Labute approximate surface area is 90.6 Å². The fraction of sp³-hybridized carbons (Fsp3) is 0.400. The highest BCUT2D eigenvalue weighted by Crippen LogP contribution is 2.44. The number of aliphatic hydroxyl groups excluding tert-OH is 1. The fourth-order valence-electron chi connectivity index (χ4n) is 1.58. The van der Waals surface area contributed by atoms with Gasteiger partial charge in [-0.3, -0.25) is 0 Å². The summed E-state index contributed by atoms with van der Waals surface area (Å²) in [6, 6.07) is 3.95. The molecule has 0 aliphatic carbocycles. The van der Waals surface area contributed by atoms with Crippen LogP contribution in [0.3, 0.4) is 0 Å². The standard InChI is InChI=1S/C10H11F2NO3/c11-10(12)15-8-3-1-2-6(9(8)16-10)7(13)4-5-14/h1-3,7,14H,4-5,13H2. The van der Waals surface area contributed by atoms with Crippen LogP contribution in [0, 0.1) is 0 Å². The molecule has 88 valence electrons. The summed E-state index contributed by atoms with van der Waals surface area (Å²) in [5.41, 5.74) is 6.13. The van der Waals surface area contributed by atoms with E-state index in [1.54, 1.807) is 12.1 Å². The molecule has 0 spiro atoms. The molecule has 1 aromatic carbocycles. The third-order valence-electron chi connectivity index (χ3n) is 2.30. The molecular weight excluding hydrogens is 220 g/mol. The number of para-hydroxylation sites is 1. The largest absolute Gasteiger partial charge is 0.586 e. The van der Waals surface area contributed by atoms with Crippen molar-refractivity contribution >= 4 is 0 Å². The van der Waals surface area contributed by atoms with Gasteiger partial charge in [-0.1, -0.05) is 12.1 Å². The first-order valence-electron chi connectivity index (χ1n) is 4.78. The summed E-state index contributed by atoms with van der Waals surface area (Å²) in [7, 11) is 0. The predicted molar refractivity (Wildman–Crippen MR) is 51.3 cm³/mol. The number of benzene rings is 1. The Hall–Kier alpha value is -1.40. The monoisotopic (exact) mass is 231 g/mol. The minimum absolute atomic E-state index is 0.0316. The Balaban J connectivity index is 2.33. The van der Waals surface area contributed by atoms with E-state index in [4.69, 9.17) is 10.8 Å². The Bertz CT molecular complexity index is 398. The van der Waals surface area contributed by atoms with E-state index in [-0.39, 0.29) is 24.5 Å². The van der Waals surface area contributed by atoms with Crippen LogP contribution in [0.1, 0.15) is 18.0 Å². The molecule has 1 unspecified atom stereocenters. The molecule has 1 aliphatic heterocycles. The smallest absolute Gasteiger partial charge is 0.396 e. The third kappa shape index (κ3) is 1.94. The van der Waals surface area contributed by atoms with Crippen LogP contribution in [0.2, 0.25) is 0 Å². The summed E-state index contributed by atoms with van der Waals surface area (Å²) < 4.78 is 34.3. The molecule has 1 aliphatic rings. The molecule has 1 aromatic rings. The maximum Gasteiger partial charge on any atom is 0.586 e. The van der Waals surface area contributed by atoms with Gasteiger partial charge in [0.15, 0.2) is 11.5 Å². The third-order valence-corrected chi connectivity index (χ3v) is 2.30. The van der Waals surface area contributed by atoms with E-state index in [1.807, 2.05) is 0 Å². The average molecular weight is 231 g/mol. The first-order valence-corrected chi connectivity index (χ1v) is 4.78. The molecule has 1 atom stereocenters. The van der Waals surface area contributed by atoms with E-state index < -0.39 is 12.3 Å². The Kier molecular flexibility index (Phi) is 2.69. The molecule has 2 rings (SSSR count). The highest BCUT2D eigenvalue weighted by molar-refractivity contribution is 5.50. The van der Waals surface area contributed by atoms with E-state index in [0.717, 1.165) is 0 Å². The van der Waals surface area contributed by atoms with E-state index in [2.05, 4.69) is 9.47 Å². The normalized spacial score (nSPS) is 18.5. The molecule has 0 amide bonds. The van der Waals surface area contributed by atoms with Gasteiger partial charge in [0.1, 0.15) is 0 Å². The Morgan fingerprint density at radius 3 is 2.81 bits per heavy atom. The second-order valence-electron chi connectivity index (χ2n) is 3.46. The Morgan fingerprint density at radius 2 is 2.12 bits per heavy atom. The predicted octanol–water partition coefficient (Wildman–Crippen LogP) is 1.39. The van der Waals surface area contributed by atoms with Gasteiger partial charge >= 0.3 is 6.29 Å². The molecule has 0 aromatic heterocycles. The zero-order valence-corrected chi connectivity index (χ0v) is 8.32. The average Bonchev–Trinajstić information content (AvgIpc) is 2.51. The van der Waals surface area contributed by atoms with Crippen molar-refractivity contribution in [2.75, 3.05) is 6.61 Å². The van der Waals surface area contributed by atoms with E-state index >= 15 is 0 Å². The van der Waals surface area contributed by atoms with Crippen LogP contribution in [0.15, 0.2) is 18.2 Å². The second kappa shape index (κ2) is 3.88. The second-order valence-corrected chi connectivity index (χ2v) is 3.46. The molecule has 6 heteroatoms. The maximum absolute atomic E-state index is 12.8. The zero-order valence-electron chi connectivity index (χ0n) is 8.32. The molecule has 3 N–H and O–H groups in total. The van der Waals surface area contributed by atoms with Crippen molar-refractivity contribution in [3.05, 3.63) is 23.8 Å². The van der Waals surface area contributed by atoms with Crippen LogP contribution in [0.5, 0.6) is 11.5 Å². The zero-order chi connectivity index (χ0) is 11.8. The molecule has 0 saturated heterocycles. The van der Waals surface area contributed by atoms with Crippen LogP contribution in [0.25, 0.3) is 0 Å². The van der Waals surface area contributed by atoms with Gasteiger partial charge in [0.05, 0.1) is 0 Å². The van der Waals surface area contributed by atoms with Crippen LogP contribution >= 0.6 is 0 Å². The van der Waals surface area contributed by atoms with Gasteiger partial charge in [-0.25, -0.2) is 0 Å². The van der Waals surface area contributed by atoms with Crippen molar-refractivity contribution < 1.29 is 23.4 Å². The summed E-state index contributed by atoms with van der Waals surface area (Å²) in [5, 5.41) is 8.75. The number of alkyl halides is 2. The van der Waals surface area contributed by atoms with Gasteiger partial charge in [-0.2, -0.15) is 0 Å². The van der Waals surface area contributed by atoms with Crippen LogP contribution in [0.4, 0.5) is 8.78 Å². The maximum atomic E-state index is 12.8. The van der Waals surface area contributed by atoms with Gasteiger partial charge in [-0.05, 0) is 12.5 Å². The lowest BCUT2D eigenvalue weighted by Gasteiger charge is -2.12. The fourth-order valence-corrected chi connectivity index (χ4v) is 1.58. The molecular formula is C10H11F2NO3. The number of rotatable bonds is 3. The van der Waals surface area contributed by atoms with Gasteiger partial charge in [0, 0.05) is 18.2 Å². The van der Waals surface area contributed by atoms with Gasteiger partial charge in [0.25, 0.3) is 0 Å². The molecule has 0 bridgehead atoms. The van der Waals surface area contributed by atoms with Crippen molar-refractivity contribution in [1.29, 1.82) is 0 Å². The molecule has 0 radical (unpaired) electrons. The first-order chi connectivity index (χ1) is 7.53. The molecule has 1 heterocycles. The van der Waals surface area contributed by atoms with Crippen molar-refractivity contribution in [1.82, 2.24) is 0 Å². The lowest BCUT2D eigenvalue weighted by Crippen LogP contribution is -2.26. The van der Waals surface area contributed by atoms with Crippen LogP contribution in [-0.4, -0.2) is 18.0 Å². The molecule has 4 nitrogen and oxygen atoms in total. The lowest BCUT2D eigenvalue weighted by atomic mass is 10.0. The summed E-state index contributed by atoms with van der Waals surface area (Å²) in [6.45, 7) is -0.123. The minimum Gasteiger partial charge on any atom is -0.396 e. The van der Waals surface area contributed by atoms with E-state index in [9.17, 15) is 8.78 Å². The van der Waals surface area contributed by atoms with Crippen molar-refractivity contribution in [3.8, 4) is 11.5 Å². The van der Waals surface area contributed by atoms with Crippen LogP contribution in [-0.2, 0) is 0 Å². The summed E-state index contributed by atoms with van der Waals surface area (Å²) in [5.74, 6) is -0.0793. The lowest BCUT2D eigenvalue weighted by molar-refractivity contribution is -0.287. The molecule has 0 saturated carbocycles. The van der Waals surface area contributed by atoms with Crippen molar-refractivity contribution in [2.24, 2.45) is 5.73 Å². The van der Waals surface area contributed by atoms with E-state index in [1.165, 1.54) is 6.07 Å². The highest BCUT2D eigenvalue weighted by Gasteiger charge is 2.44. The SMILES string of the molecule is NC(CCO)c1cccc2c1OC(F)(F)O2. The van der Waals surface area contributed by atoms with Gasteiger partial charge in [-0.15, -0.1) is 8.78 Å². The van der Waals surface area contributed by atoms with E-state index in [0.29, 0.717) is 5.56 Å². The number of aliphatic hydroxyl groups is 1. The quantitative estimate of drug-likeness (QED) is 0.825. The van der Waals surface area contributed by atoms with Gasteiger partial charge in [0.2, 0.25) is 0 Å². The first kappa shape index (κ1) is 11.1. The van der Waals surface area contributed by atoms with Gasteiger partial charge < -0.3 is 20.3 Å². The summed E-state index contributed by atoms with van der Waals surface area (Å²) >= 11 is 0. The number of fused-ring (bicyclic) bond motifs is 1. The molecule has 0 fully saturated rings. The summed E-state index contributed by atoms with van der Waals surface area (Å²) in [4.78, 5) is 0. The van der Waals surface area contributed by atoms with Crippen molar-refractivity contribution in [2.45, 2.75) is 18.8 Å². The number of halogens is 2. The summed E-state index contributed by atoms with van der Waals surface area (Å²) in [6.07, 6.45) is -3.37. The number of hydrogen-bond donors (Lipinski definition) is 2. The topological polar surface area (TPSA) is 64.7 Å². The Morgan fingerprint density at radius 1 is 1.38 bits per heavy atom.